The molecule has 1 aliphatic rings. The number of hydrogen-bond donors (Lipinski definition) is 2. The van der Waals surface area contributed by atoms with Crippen molar-refractivity contribution in [2.45, 2.75) is 32.0 Å². The predicted octanol–water partition coefficient (Wildman–Crippen LogP) is 2.71. The van der Waals surface area contributed by atoms with Crippen molar-refractivity contribution in [1.82, 2.24) is 0 Å². The van der Waals surface area contributed by atoms with Crippen molar-refractivity contribution in [2.24, 2.45) is 5.92 Å². The molecule has 1 aromatic rings. The van der Waals surface area contributed by atoms with Crippen LogP contribution >= 0.6 is 15.9 Å². The molecule has 4 heteroatoms. The summed E-state index contributed by atoms with van der Waals surface area (Å²) >= 11 is 3.56. The van der Waals surface area contributed by atoms with Gasteiger partial charge >= 0.3 is 0 Å². The number of nitrogens with zero attached hydrogens (tertiary/aromatic N) is 1. The Bertz CT molecular complexity index is 416. The predicted molar refractivity (Wildman–Crippen MR) is 76.8 cm³/mol. The highest BCUT2D eigenvalue weighted by Crippen LogP contribution is 2.32. The maximum atomic E-state index is 9.54. The molecule has 1 saturated carbocycles. The number of rotatable bonds is 4. The minimum Gasteiger partial charge on any atom is -0.393 e. The first kappa shape index (κ1) is 13.8. The molecule has 0 amide bonds. The van der Waals surface area contributed by atoms with Gasteiger partial charge in [0.15, 0.2) is 0 Å². The van der Waals surface area contributed by atoms with Crippen molar-refractivity contribution < 1.29 is 10.2 Å². The lowest BCUT2D eigenvalue weighted by Crippen LogP contribution is -2.37. The van der Waals surface area contributed by atoms with Crippen molar-refractivity contribution in [3.8, 4) is 0 Å². The fourth-order valence-electron chi connectivity index (χ4n) is 2.43. The highest BCUT2D eigenvalue weighted by molar-refractivity contribution is 9.10. The zero-order valence-corrected chi connectivity index (χ0v) is 12.4. The van der Waals surface area contributed by atoms with Gasteiger partial charge in [-0.05, 0) is 59.3 Å². The van der Waals surface area contributed by atoms with E-state index in [-0.39, 0.29) is 6.10 Å². The minimum absolute atomic E-state index is 0.0931. The molecule has 0 spiro atoms. The molecule has 3 nitrogen and oxygen atoms in total. The van der Waals surface area contributed by atoms with Gasteiger partial charge in [-0.2, -0.15) is 0 Å². The molecule has 0 aliphatic heterocycles. The second kappa shape index (κ2) is 5.59. The van der Waals surface area contributed by atoms with Crippen LogP contribution in [0.5, 0.6) is 0 Å². The Morgan fingerprint density at radius 3 is 2.61 bits per heavy atom. The van der Waals surface area contributed by atoms with Crippen molar-refractivity contribution >= 4 is 21.6 Å². The van der Waals surface area contributed by atoms with Crippen LogP contribution in [0.15, 0.2) is 22.7 Å². The van der Waals surface area contributed by atoms with E-state index in [0.717, 1.165) is 35.1 Å². The summed E-state index contributed by atoms with van der Waals surface area (Å²) in [6.45, 7) is 2.73. The summed E-state index contributed by atoms with van der Waals surface area (Å²) in [6.07, 6.45) is 1.29. The van der Waals surface area contributed by atoms with Gasteiger partial charge in [0.1, 0.15) is 0 Å². The number of anilines is 1. The van der Waals surface area contributed by atoms with Gasteiger partial charge in [0.05, 0.1) is 17.9 Å². The molecule has 0 unspecified atom stereocenters. The van der Waals surface area contributed by atoms with E-state index in [4.69, 9.17) is 0 Å². The SMILES string of the molecule is C[C@H](O)c1ccc(N(C)CC2CC(O)C2)c(Br)c1. The second-order valence-corrected chi connectivity index (χ2v) is 6.11. The Morgan fingerprint density at radius 1 is 1.44 bits per heavy atom. The van der Waals surface area contributed by atoms with Gasteiger partial charge in [-0.15, -0.1) is 0 Å². The monoisotopic (exact) mass is 313 g/mol. The Labute approximate surface area is 117 Å². The molecule has 18 heavy (non-hydrogen) atoms. The van der Waals surface area contributed by atoms with E-state index in [1.807, 2.05) is 18.2 Å². The van der Waals surface area contributed by atoms with E-state index in [0.29, 0.717) is 5.92 Å². The first-order valence-corrected chi connectivity index (χ1v) is 7.13. The lowest BCUT2D eigenvalue weighted by molar-refractivity contribution is 0.0464. The topological polar surface area (TPSA) is 43.7 Å². The fraction of sp³-hybridized carbons (Fsp3) is 0.571. The van der Waals surface area contributed by atoms with E-state index in [9.17, 15) is 10.2 Å². The Hall–Kier alpha value is -0.580. The van der Waals surface area contributed by atoms with Crippen LogP contribution < -0.4 is 4.90 Å². The van der Waals surface area contributed by atoms with E-state index in [1.54, 1.807) is 6.92 Å². The number of aliphatic hydroxyl groups excluding tert-OH is 2. The molecule has 1 fully saturated rings. The van der Waals surface area contributed by atoms with Crippen molar-refractivity contribution in [2.75, 3.05) is 18.5 Å². The maximum absolute atomic E-state index is 9.54. The zero-order chi connectivity index (χ0) is 13.3. The van der Waals surface area contributed by atoms with E-state index in [2.05, 4.69) is 27.9 Å². The molecule has 100 valence electrons. The molecule has 1 aliphatic carbocycles. The summed E-state index contributed by atoms with van der Waals surface area (Å²) in [6, 6.07) is 5.95. The number of benzene rings is 1. The van der Waals surface area contributed by atoms with Crippen LogP contribution in [0.1, 0.15) is 31.4 Å². The van der Waals surface area contributed by atoms with Gasteiger partial charge in [-0.1, -0.05) is 6.07 Å². The van der Waals surface area contributed by atoms with Gasteiger partial charge < -0.3 is 15.1 Å². The zero-order valence-electron chi connectivity index (χ0n) is 10.8. The normalized spacial score (nSPS) is 24.5. The Morgan fingerprint density at radius 2 is 2.11 bits per heavy atom. The third-order valence-corrected chi connectivity index (χ3v) is 4.24. The molecule has 0 radical (unpaired) electrons. The molecule has 2 N–H and O–H groups in total. The third-order valence-electron chi connectivity index (χ3n) is 3.61. The maximum Gasteiger partial charge on any atom is 0.0762 e. The molecule has 2 rings (SSSR count). The van der Waals surface area contributed by atoms with Crippen LogP contribution in [-0.2, 0) is 0 Å². The van der Waals surface area contributed by atoms with Crippen LogP contribution in [0.2, 0.25) is 0 Å². The number of aliphatic hydroxyl groups is 2. The van der Waals surface area contributed by atoms with Crippen LogP contribution in [0.4, 0.5) is 5.69 Å². The molecule has 0 bridgehead atoms. The summed E-state index contributed by atoms with van der Waals surface area (Å²) in [5.74, 6) is 0.591. The summed E-state index contributed by atoms with van der Waals surface area (Å²) in [4.78, 5) is 2.20. The van der Waals surface area contributed by atoms with Gasteiger partial charge in [-0.25, -0.2) is 0 Å². The number of hydrogen-bond acceptors (Lipinski definition) is 3. The average molecular weight is 314 g/mol. The van der Waals surface area contributed by atoms with Crippen molar-refractivity contribution in [3.05, 3.63) is 28.2 Å². The second-order valence-electron chi connectivity index (χ2n) is 5.26. The van der Waals surface area contributed by atoms with Crippen LogP contribution in [0, 0.1) is 5.92 Å². The number of halogens is 1. The van der Waals surface area contributed by atoms with Gasteiger partial charge in [0.2, 0.25) is 0 Å². The molecule has 1 atom stereocenters. The average Bonchev–Trinajstić information content (AvgIpc) is 2.26. The summed E-state index contributed by atoms with van der Waals surface area (Å²) in [5, 5.41) is 18.8. The third kappa shape index (κ3) is 3.05. The van der Waals surface area contributed by atoms with Crippen molar-refractivity contribution in [3.63, 3.8) is 0 Å². The molecular weight excluding hydrogens is 294 g/mol. The van der Waals surface area contributed by atoms with E-state index < -0.39 is 6.10 Å². The van der Waals surface area contributed by atoms with Gasteiger partial charge in [0, 0.05) is 18.1 Å². The Kier molecular flexibility index (Phi) is 4.30. The largest absolute Gasteiger partial charge is 0.393 e. The fourth-order valence-corrected chi connectivity index (χ4v) is 3.13. The van der Waals surface area contributed by atoms with E-state index in [1.165, 1.54) is 0 Å². The summed E-state index contributed by atoms with van der Waals surface area (Å²) in [7, 11) is 2.06. The highest BCUT2D eigenvalue weighted by Gasteiger charge is 2.28. The highest BCUT2D eigenvalue weighted by atomic mass is 79.9. The minimum atomic E-state index is -0.442. The summed E-state index contributed by atoms with van der Waals surface area (Å²) < 4.78 is 1.00. The molecule has 0 saturated heterocycles. The lowest BCUT2D eigenvalue weighted by atomic mass is 9.82. The first-order valence-electron chi connectivity index (χ1n) is 6.34. The van der Waals surface area contributed by atoms with Gasteiger partial charge in [0.25, 0.3) is 0 Å². The standard InChI is InChI=1S/C14H20BrNO2/c1-9(17)11-3-4-14(13(15)7-11)16(2)8-10-5-12(18)6-10/h3-4,7,9-10,12,17-18H,5-6,8H2,1-2H3/t9-,10?,12?/m0/s1. The molecule has 0 heterocycles. The van der Waals surface area contributed by atoms with Crippen molar-refractivity contribution in [1.29, 1.82) is 0 Å². The van der Waals surface area contributed by atoms with Crippen LogP contribution in [0.25, 0.3) is 0 Å². The summed E-state index contributed by atoms with van der Waals surface area (Å²) in [5.41, 5.74) is 2.04. The van der Waals surface area contributed by atoms with Gasteiger partial charge in [-0.3, -0.25) is 0 Å². The van der Waals surface area contributed by atoms with Crippen LogP contribution in [-0.4, -0.2) is 29.9 Å². The molecule has 0 aromatic heterocycles. The Balaban J connectivity index is 2.03. The molecule has 1 aromatic carbocycles. The smallest absolute Gasteiger partial charge is 0.0762 e. The first-order chi connectivity index (χ1) is 8.47. The quantitative estimate of drug-likeness (QED) is 0.898. The van der Waals surface area contributed by atoms with Crippen LogP contribution in [0.3, 0.4) is 0 Å². The lowest BCUT2D eigenvalue weighted by Gasteiger charge is -2.35. The van der Waals surface area contributed by atoms with E-state index >= 15 is 0 Å². The molecular formula is C14H20BrNO2.